The molecule has 0 bridgehead atoms. The molecule has 0 fully saturated rings. The normalized spacial score (nSPS) is 10.1. The van der Waals surface area contributed by atoms with Gasteiger partial charge in [-0.15, -0.1) is 0 Å². The van der Waals surface area contributed by atoms with Crippen LogP contribution in [-0.4, -0.2) is 22.4 Å². The van der Waals surface area contributed by atoms with Gasteiger partial charge in [0.15, 0.2) is 0 Å². The van der Waals surface area contributed by atoms with Gasteiger partial charge in [0.05, 0.1) is 0 Å². The van der Waals surface area contributed by atoms with E-state index in [-0.39, 0.29) is 5.91 Å². The lowest BCUT2D eigenvalue weighted by molar-refractivity contribution is 0.0954. The fourth-order valence-electron chi connectivity index (χ4n) is 1.48. The van der Waals surface area contributed by atoms with Crippen LogP contribution in [0.4, 0.5) is 0 Å². The highest BCUT2D eigenvalue weighted by atomic mass is 35.5. The monoisotopic (exact) mass is 261 g/mol. The minimum atomic E-state index is -0.108. The van der Waals surface area contributed by atoms with E-state index in [1.54, 1.807) is 36.7 Å². The molecule has 1 N–H and O–H groups in total. The average Bonchev–Trinajstić information content (AvgIpc) is 2.40. The quantitative estimate of drug-likeness (QED) is 0.917. The number of hydrogen-bond acceptors (Lipinski definition) is 3. The Balaban J connectivity index is 1.84. The van der Waals surface area contributed by atoms with Gasteiger partial charge >= 0.3 is 0 Å². The van der Waals surface area contributed by atoms with E-state index in [9.17, 15) is 4.79 Å². The fourth-order valence-corrected chi connectivity index (χ4v) is 1.61. The Morgan fingerprint density at radius 2 is 1.83 bits per heavy atom. The maximum Gasteiger partial charge on any atom is 0.251 e. The first-order valence-corrected chi connectivity index (χ1v) is 5.91. The molecule has 0 aliphatic heterocycles. The highest BCUT2D eigenvalue weighted by Gasteiger charge is 2.04. The highest BCUT2D eigenvalue weighted by molar-refractivity contribution is 6.30. The molecule has 5 heteroatoms. The molecule has 0 radical (unpaired) electrons. The van der Waals surface area contributed by atoms with Crippen LogP contribution in [0.25, 0.3) is 0 Å². The van der Waals surface area contributed by atoms with Gasteiger partial charge in [0.25, 0.3) is 5.91 Å². The Labute approximate surface area is 110 Å². The summed E-state index contributed by atoms with van der Waals surface area (Å²) < 4.78 is 0. The van der Waals surface area contributed by atoms with Crippen LogP contribution >= 0.6 is 11.6 Å². The van der Waals surface area contributed by atoms with Crippen molar-refractivity contribution in [2.45, 2.75) is 6.42 Å². The van der Waals surface area contributed by atoms with Crippen LogP contribution in [0.15, 0.2) is 43.0 Å². The van der Waals surface area contributed by atoms with Crippen molar-refractivity contribution in [1.29, 1.82) is 0 Å². The number of hydrogen-bond donors (Lipinski definition) is 1. The average molecular weight is 262 g/mol. The second-order valence-electron chi connectivity index (χ2n) is 3.76. The van der Waals surface area contributed by atoms with Crippen molar-refractivity contribution >= 4 is 17.5 Å². The second kappa shape index (κ2) is 6.12. The fraction of sp³-hybridized carbons (Fsp3) is 0.154. The summed E-state index contributed by atoms with van der Waals surface area (Å²) in [5.74, 6) is -0.108. The van der Waals surface area contributed by atoms with Gasteiger partial charge in [-0.1, -0.05) is 11.6 Å². The van der Waals surface area contributed by atoms with Gasteiger partial charge in [0, 0.05) is 29.5 Å². The van der Waals surface area contributed by atoms with Gasteiger partial charge in [0.2, 0.25) is 0 Å². The topological polar surface area (TPSA) is 54.9 Å². The predicted octanol–water partition coefficient (Wildman–Crippen LogP) is 2.10. The third kappa shape index (κ3) is 3.53. The standard InChI is InChI=1S/C13H12ClN3O/c14-12-3-1-11(2-4-12)13(18)17-6-5-10-7-15-9-16-8-10/h1-4,7-9H,5-6H2,(H,17,18). The van der Waals surface area contributed by atoms with E-state index < -0.39 is 0 Å². The van der Waals surface area contributed by atoms with Crippen LogP contribution in [0.1, 0.15) is 15.9 Å². The Hall–Kier alpha value is -1.94. The molecular formula is C13H12ClN3O. The lowest BCUT2D eigenvalue weighted by Gasteiger charge is -2.05. The molecule has 18 heavy (non-hydrogen) atoms. The van der Waals surface area contributed by atoms with Gasteiger partial charge in [-0.25, -0.2) is 9.97 Å². The van der Waals surface area contributed by atoms with E-state index in [1.165, 1.54) is 6.33 Å². The lowest BCUT2D eigenvalue weighted by Crippen LogP contribution is -2.25. The van der Waals surface area contributed by atoms with Crippen LogP contribution in [0.2, 0.25) is 5.02 Å². The van der Waals surface area contributed by atoms with Crippen molar-refractivity contribution in [2.75, 3.05) is 6.54 Å². The van der Waals surface area contributed by atoms with Gasteiger partial charge in [0.1, 0.15) is 6.33 Å². The lowest BCUT2D eigenvalue weighted by atomic mass is 10.2. The molecule has 0 saturated carbocycles. The second-order valence-corrected chi connectivity index (χ2v) is 4.20. The van der Waals surface area contributed by atoms with E-state index in [0.29, 0.717) is 23.6 Å². The number of rotatable bonds is 4. The number of nitrogens with zero attached hydrogens (tertiary/aromatic N) is 2. The van der Waals surface area contributed by atoms with E-state index in [0.717, 1.165) is 5.56 Å². The molecule has 0 aliphatic rings. The van der Waals surface area contributed by atoms with Crippen molar-refractivity contribution in [3.63, 3.8) is 0 Å². The minimum Gasteiger partial charge on any atom is -0.352 e. The summed E-state index contributed by atoms with van der Waals surface area (Å²) in [5.41, 5.74) is 1.60. The number of benzene rings is 1. The number of carbonyl (C=O) groups excluding carboxylic acids is 1. The summed E-state index contributed by atoms with van der Waals surface area (Å²) in [6.07, 6.45) is 5.67. The largest absolute Gasteiger partial charge is 0.352 e. The van der Waals surface area contributed by atoms with E-state index in [2.05, 4.69) is 15.3 Å². The molecule has 2 aromatic rings. The van der Waals surface area contributed by atoms with Gasteiger partial charge < -0.3 is 5.32 Å². The van der Waals surface area contributed by atoms with Crippen LogP contribution in [-0.2, 0) is 6.42 Å². The number of aromatic nitrogens is 2. The third-order valence-electron chi connectivity index (χ3n) is 2.42. The molecular weight excluding hydrogens is 250 g/mol. The molecule has 0 saturated heterocycles. The summed E-state index contributed by atoms with van der Waals surface area (Å²) in [7, 11) is 0. The zero-order chi connectivity index (χ0) is 12.8. The molecule has 1 amide bonds. The van der Waals surface area contributed by atoms with E-state index in [1.807, 2.05) is 0 Å². The SMILES string of the molecule is O=C(NCCc1cncnc1)c1ccc(Cl)cc1. The van der Waals surface area contributed by atoms with Crippen LogP contribution < -0.4 is 5.32 Å². The smallest absolute Gasteiger partial charge is 0.251 e. The number of carbonyl (C=O) groups is 1. The molecule has 1 aromatic heterocycles. The first-order chi connectivity index (χ1) is 8.75. The first-order valence-electron chi connectivity index (χ1n) is 5.53. The molecule has 92 valence electrons. The van der Waals surface area contributed by atoms with Gasteiger partial charge in [-0.2, -0.15) is 0 Å². The number of amides is 1. The molecule has 4 nitrogen and oxygen atoms in total. The summed E-state index contributed by atoms with van der Waals surface area (Å²) >= 11 is 5.76. The maximum atomic E-state index is 11.8. The molecule has 2 rings (SSSR count). The van der Waals surface area contributed by atoms with Gasteiger partial charge in [-0.3, -0.25) is 4.79 Å². The van der Waals surface area contributed by atoms with Crippen LogP contribution in [0.3, 0.4) is 0 Å². The summed E-state index contributed by atoms with van der Waals surface area (Å²) in [6.45, 7) is 0.550. The van der Waals surface area contributed by atoms with Crippen molar-refractivity contribution in [3.05, 3.63) is 59.1 Å². The van der Waals surface area contributed by atoms with Crippen molar-refractivity contribution in [1.82, 2.24) is 15.3 Å². The summed E-state index contributed by atoms with van der Waals surface area (Å²) in [6, 6.07) is 6.79. The van der Waals surface area contributed by atoms with Crippen LogP contribution in [0.5, 0.6) is 0 Å². The third-order valence-corrected chi connectivity index (χ3v) is 2.67. The summed E-state index contributed by atoms with van der Waals surface area (Å²) in [5, 5.41) is 3.45. The molecule has 0 unspecified atom stereocenters. The molecule has 0 atom stereocenters. The van der Waals surface area contributed by atoms with Crippen LogP contribution in [0, 0.1) is 0 Å². The highest BCUT2D eigenvalue weighted by Crippen LogP contribution is 2.09. The maximum absolute atomic E-state index is 11.8. The zero-order valence-electron chi connectivity index (χ0n) is 9.64. The predicted molar refractivity (Wildman–Crippen MR) is 69.5 cm³/mol. The zero-order valence-corrected chi connectivity index (χ0v) is 10.4. The first kappa shape index (κ1) is 12.5. The molecule has 0 aliphatic carbocycles. The van der Waals surface area contributed by atoms with E-state index >= 15 is 0 Å². The Kier molecular flexibility index (Phi) is 4.25. The number of nitrogens with one attached hydrogen (secondary N) is 1. The summed E-state index contributed by atoms with van der Waals surface area (Å²) in [4.78, 5) is 19.6. The van der Waals surface area contributed by atoms with Gasteiger partial charge in [-0.05, 0) is 36.2 Å². The Bertz CT molecular complexity index is 514. The minimum absolute atomic E-state index is 0.108. The van der Waals surface area contributed by atoms with E-state index in [4.69, 9.17) is 11.6 Å². The molecule has 0 spiro atoms. The van der Waals surface area contributed by atoms with Crippen molar-refractivity contribution < 1.29 is 4.79 Å². The molecule has 1 heterocycles. The van der Waals surface area contributed by atoms with Crippen molar-refractivity contribution in [3.8, 4) is 0 Å². The Morgan fingerprint density at radius 3 is 2.50 bits per heavy atom. The Morgan fingerprint density at radius 1 is 1.17 bits per heavy atom. The number of halogens is 1. The molecule has 1 aromatic carbocycles. The van der Waals surface area contributed by atoms with Crippen molar-refractivity contribution in [2.24, 2.45) is 0 Å².